The summed E-state index contributed by atoms with van der Waals surface area (Å²) in [5.74, 6) is 1.93. The van der Waals surface area contributed by atoms with E-state index in [1.807, 2.05) is 0 Å². The van der Waals surface area contributed by atoms with Gasteiger partial charge in [-0.1, -0.05) is 65.5 Å². The minimum absolute atomic E-state index is 0.670. The second-order valence-corrected chi connectivity index (χ2v) is 6.84. The van der Waals surface area contributed by atoms with Gasteiger partial charge in [0.15, 0.2) is 0 Å². The molecule has 94 valence electrons. The molecule has 0 bridgehead atoms. The van der Waals surface area contributed by atoms with Crippen molar-refractivity contribution in [3.05, 3.63) is 35.9 Å². The van der Waals surface area contributed by atoms with E-state index in [-0.39, 0.29) is 0 Å². The third kappa shape index (κ3) is 4.33. The van der Waals surface area contributed by atoms with Gasteiger partial charge in [-0.3, -0.25) is 0 Å². The Kier molecular flexibility index (Phi) is 5.93. The van der Waals surface area contributed by atoms with Crippen LogP contribution < -0.4 is 0 Å². The fourth-order valence-electron chi connectivity index (χ4n) is 2.44. The Bertz CT molecular complexity index is 306. The van der Waals surface area contributed by atoms with E-state index in [0.717, 1.165) is 10.6 Å². The first-order valence-corrected chi connectivity index (χ1v) is 8.79. The van der Waals surface area contributed by atoms with Gasteiger partial charge in [0.25, 0.3) is 0 Å². The number of thioether (sulfide) groups is 1. The predicted molar refractivity (Wildman–Crippen MR) is 82.3 cm³/mol. The molecule has 1 fully saturated rings. The van der Waals surface area contributed by atoms with Crippen LogP contribution in [-0.4, -0.2) is 16.3 Å². The Morgan fingerprint density at radius 2 is 1.82 bits per heavy atom. The van der Waals surface area contributed by atoms with Crippen molar-refractivity contribution in [1.82, 2.24) is 0 Å². The van der Waals surface area contributed by atoms with Crippen LogP contribution in [0.4, 0.5) is 0 Å². The van der Waals surface area contributed by atoms with Crippen molar-refractivity contribution >= 4 is 27.7 Å². The summed E-state index contributed by atoms with van der Waals surface area (Å²) in [6.07, 6.45) is 7.23. The van der Waals surface area contributed by atoms with E-state index in [4.69, 9.17) is 0 Å². The fraction of sp³-hybridized carbons (Fsp3) is 0.600. The molecule has 17 heavy (non-hydrogen) atoms. The van der Waals surface area contributed by atoms with Crippen molar-refractivity contribution < 1.29 is 0 Å². The second-order valence-electron chi connectivity index (χ2n) is 4.86. The molecule has 0 nitrogen and oxygen atoms in total. The van der Waals surface area contributed by atoms with Gasteiger partial charge in [0, 0.05) is 22.3 Å². The maximum atomic E-state index is 3.66. The average molecular weight is 313 g/mol. The molecule has 1 aromatic carbocycles. The maximum absolute atomic E-state index is 3.66. The summed E-state index contributed by atoms with van der Waals surface area (Å²) in [6.45, 7) is 0. The van der Waals surface area contributed by atoms with Crippen molar-refractivity contribution in [1.29, 1.82) is 0 Å². The van der Waals surface area contributed by atoms with Gasteiger partial charge < -0.3 is 0 Å². The third-order valence-corrected chi connectivity index (χ3v) is 5.86. The quantitative estimate of drug-likeness (QED) is 0.671. The van der Waals surface area contributed by atoms with Crippen molar-refractivity contribution in [3.8, 4) is 0 Å². The smallest absolute Gasteiger partial charge is 0.0108 e. The topological polar surface area (TPSA) is 0 Å². The monoisotopic (exact) mass is 312 g/mol. The van der Waals surface area contributed by atoms with E-state index >= 15 is 0 Å². The molecule has 0 heterocycles. The summed E-state index contributed by atoms with van der Waals surface area (Å²) in [6, 6.07) is 10.9. The van der Waals surface area contributed by atoms with Gasteiger partial charge in [-0.05, 0) is 18.4 Å². The van der Waals surface area contributed by atoms with Crippen LogP contribution >= 0.6 is 27.7 Å². The number of halogens is 1. The van der Waals surface area contributed by atoms with Crippen LogP contribution in [0.3, 0.4) is 0 Å². The van der Waals surface area contributed by atoms with Crippen molar-refractivity contribution in [2.24, 2.45) is 0 Å². The minimum atomic E-state index is 0.670. The summed E-state index contributed by atoms with van der Waals surface area (Å²) < 4.78 is 0. The highest BCUT2D eigenvalue weighted by Crippen LogP contribution is 2.32. The van der Waals surface area contributed by atoms with Crippen molar-refractivity contribution in [2.45, 2.75) is 43.3 Å². The van der Waals surface area contributed by atoms with Gasteiger partial charge in [-0.15, -0.1) is 0 Å². The molecule has 1 aliphatic carbocycles. The van der Waals surface area contributed by atoms with Crippen LogP contribution in [0.15, 0.2) is 30.3 Å². The van der Waals surface area contributed by atoms with Crippen LogP contribution in [0.25, 0.3) is 0 Å². The van der Waals surface area contributed by atoms with Crippen LogP contribution in [0, 0.1) is 0 Å². The molecule has 0 saturated heterocycles. The summed E-state index contributed by atoms with van der Waals surface area (Å²) in [5.41, 5.74) is 1.48. The van der Waals surface area contributed by atoms with Crippen molar-refractivity contribution in [2.75, 3.05) is 11.1 Å². The van der Waals surface area contributed by atoms with Gasteiger partial charge in [-0.2, -0.15) is 11.8 Å². The molecule has 0 N–H and O–H groups in total. The van der Waals surface area contributed by atoms with Crippen LogP contribution in [0.5, 0.6) is 0 Å². The summed E-state index contributed by atoms with van der Waals surface area (Å²) in [7, 11) is 0. The van der Waals surface area contributed by atoms with E-state index in [1.54, 1.807) is 0 Å². The maximum Gasteiger partial charge on any atom is 0.0108 e. The third-order valence-electron chi connectivity index (χ3n) is 3.54. The zero-order chi connectivity index (χ0) is 11.9. The summed E-state index contributed by atoms with van der Waals surface area (Å²) in [4.78, 5) is 0. The lowest BCUT2D eigenvalue weighted by atomic mass is 10.0. The molecular weight excluding hydrogens is 292 g/mol. The molecule has 1 aromatic rings. The fourth-order valence-corrected chi connectivity index (χ4v) is 4.83. The zero-order valence-corrected chi connectivity index (χ0v) is 12.7. The number of alkyl halides is 1. The van der Waals surface area contributed by atoms with Crippen molar-refractivity contribution in [3.63, 3.8) is 0 Å². The minimum Gasteiger partial charge on any atom is -0.158 e. The standard InChI is InChI=1S/C15H21BrS/c16-11-14(13-7-3-1-4-8-13)12-17-15-9-5-2-6-10-15/h1,3-4,7-8,14-15H,2,5-6,9-12H2. The molecule has 0 spiro atoms. The highest BCUT2D eigenvalue weighted by molar-refractivity contribution is 9.09. The van der Waals surface area contributed by atoms with Crippen LogP contribution in [-0.2, 0) is 0 Å². The lowest BCUT2D eigenvalue weighted by Gasteiger charge is -2.23. The van der Waals surface area contributed by atoms with Gasteiger partial charge in [0.05, 0.1) is 0 Å². The van der Waals surface area contributed by atoms with E-state index < -0.39 is 0 Å². The normalized spacial score (nSPS) is 19.1. The number of benzene rings is 1. The first-order chi connectivity index (χ1) is 8.40. The molecule has 1 unspecified atom stereocenters. The SMILES string of the molecule is BrCC(CSC1CCCCC1)c1ccccc1. The highest BCUT2D eigenvalue weighted by Gasteiger charge is 2.17. The molecule has 0 amide bonds. The second kappa shape index (κ2) is 7.48. The average Bonchev–Trinajstić information content (AvgIpc) is 2.42. The molecule has 0 radical (unpaired) electrons. The van der Waals surface area contributed by atoms with Crippen LogP contribution in [0.1, 0.15) is 43.6 Å². The summed E-state index contributed by atoms with van der Waals surface area (Å²) in [5, 5.41) is 2.01. The first-order valence-electron chi connectivity index (χ1n) is 6.62. The lowest BCUT2D eigenvalue weighted by molar-refractivity contribution is 0.515. The Labute approximate surface area is 118 Å². The number of rotatable bonds is 5. The van der Waals surface area contributed by atoms with Gasteiger partial charge in [0.1, 0.15) is 0 Å². The lowest BCUT2D eigenvalue weighted by Crippen LogP contribution is -2.12. The van der Waals surface area contributed by atoms with Gasteiger partial charge >= 0.3 is 0 Å². The largest absolute Gasteiger partial charge is 0.158 e. The van der Waals surface area contributed by atoms with Gasteiger partial charge in [-0.25, -0.2) is 0 Å². The van der Waals surface area contributed by atoms with Gasteiger partial charge in [0.2, 0.25) is 0 Å². The highest BCUT2D eigenvalue weighted by atomic mass is 79.9. The van der Waals surface area contributed by atoms with E-state index in [1.165, 1.54) is 43.4 Å². The molecule has 1 saturated carbocycles. The Morgan fingerprint density at radius 3 is 2.47 bits per heavy atom. The van der Waals surface area contributed by atoms with Crippen LogP contribution in [0.2, 0.25) is 0 Å². The summed E-state index contributed by atoms with van der Waals surface area (Å²) >= 11 is 5.86. The molecule has 0 aromatic heterocycles. The Hall–Kier alpha value is 0.0500. The Morgan fingerprint density at radius 1 is 1.12 bits per heavy atom. The van der Waals surface area contributed by atoms with E-state index in [0.29, 0.717) is 5.92 Å². The molecular formula is C15H21BrS. The molecule has 2 heteroatoms. The molecule has 1 atom stereocenters. The van der Waals surface area contributed by atoms with E-state index in [9.17, 15) is 0 Å². The zero-order valence-electron chi connectivity index (χ0n) is 10.3. The molecule has 2 rings (SSSR count). The number of hydrogen-bond acceptors (Lipinski definition) is 1. The van der Waals surface area contributed by atoms with E-state index in [2.05, 4.69) is 58.0 Å². The first kappa shape index (κ1) is 13.5. The predicted octanol–water partition coefficient (Wildman–Crippen LogP) is 5.23. The Balaban J connectivity index is 1.83. The molecule has 1 aliphatic rings. The molecule has 0 aliphatic heterocycles. The number of hydrogen-bond donors (Lipinski definition) is 0.